The maximum atomic E-state index is 12.7. The van der Waals surface area contributed by atoms with Gasteiger partial charge in [-0.1, -0.05) is 0 Å². The van der Waals surface area contributed by atoms with E-state index in [1.165, 1.54) is 16.7 Å². The van der Waals surface area contributed by atoms with E-state index in [0.29, 0.717) is 48.1 Å². The quantitative estimate of drug-likeness (QED) is 0.447. The molecule has 1 aromatic carbocycles. The third-order valence-electron chi connectivity index (χ3n) is 4.99. The van der Waals surface area contributed by atoms with Crippen LogP contribution in [0, 0.1) is 14.9 Å². The maximum absolute atomic E-state index is 12.7. The topological polar surface area (TPSA) is 91.8 Å². The third-order valence-corrected chi connectivity index (χ3v) is 5.54. The van der Waals surface area contributed by atoms with Crippen molar-refractivity contribution in [2.75, 3.05) is 31.2 Å². The monoisotopic (exact) mass is 390 g/mol. The highest BCUT2D eigenvalue weighted by molar-refractivity contribution is 7.71. The van der Waals surface area contributed by atoms with Crippen LogP contribution in [-0.2, 0) is 18.8 Å². The summed E-state index contributed by atoms with van der Waals surface area (Å²) in [6, 6.07) is 4.67. The highest BCUT2D eigenvalue weighted by Gasteiger charge is 2.39. The first-order chi connectivity index (χ1) is 12.9. The van der Waals surface area contributed by atoms with E-state index in [1.807, 2.05) is 0 Å². The molecule has 1 aromatic heterocycles. The number of fused-ring (bicyclic) bond motifs is 1. The van der Waals surface area contributed by atoms with Gasteiger partial charge in [0.15, 0.2) is 10.9 Å². The maximum Gasteiger partial charge on any atom is 0.270 e. The van der Waals surface area contributed by atoms with Crippen LogP contribution in [0.2, 0.25) is 0 Å². The van der Waals surface area contributed by atoms with E-state index in [0.717, 1.165) is 5.69 Å². The van der Waals surface area contributed by atoms with E-state index in [2.05, 4.69) is 4.90 Å². The lowest BCUT2D eigenvalue weighted by molar-refractivity contribution is -0.384. The van der Waals surface area contributed by atoms with Crippen molar-refractivity contribution in [3.63, 3.8) is 0 Å². The summed E-state index contributed by atoms with van der Waals surface area (Å²) in [5.41, 5.74) is 1.59. The van der Waals surface area contributed by atoms with E-state index in [1.54, 1.807) is 24.7 Å². The van der Waals surface area contributed by atoms with Gasteiger partial charge < -0.3 is 14.4 Å². The summed E-state index contributed by atoms with van der Waals surface area (Å²) in [4.78, 5) is 25.7. The average molecular weight is 390 g/mol. The lowest BCUT2D eigenvalue weighted by Crippen LogP contribution is -2.40. The zero-order chi connectivity index (χ0) is 19.3. The molecule has 3 heterocycles. The summed E-state index contributed by atoms with van der Waals surface area (Å²) in [5, 5.41) is 11.3. The second-order valence-electron chi connectivity index (χ2n) is 6.52. The SMILES string of the molecule is Cn1c2c(c(=O)n(C)c1=S)C(c1cc([N+](=O)[O-])ccc1N1CCOCC1)O2. The van der Waals surface area contributed by atoms with Crippen LogP contribution in [0.5, 0.6) is 5.88 Å². The minimum atomic E-state index is -0.668. The van der Waals surface area contributed by atoms with Crippen molar-refractivity contribution in [3.05, 3.63) is 54.6 Å². The van der Waals surface area contributed by atoms with Gasteiger partial charge in [0.25, 0.3) is 11.2 Å². The molecule has 142 valence electrons. The number of nitrogens with zero attached hydrogens (tertiary/aromatic N) is 4. The number of aromatic nitrogens is 2. The van der Waals surface area contributed by atoms with Crippen molar-refractivity contribution in [2.24, 2.45) is 14.1 Å². The molecule has 1 fully saturated rings. The molecule has 0 spiro atoms. The summed E-state index contributed by atoms with van der Waals surface area (Å²) in [6.45, 7) is 2.49. The molecule has 27 heavy (non-hydrogen) atoms. The predicted octanol–water partition coefficient (Wildman–Crippen LogP) is 1.68. The number of hydrogen-bond acceptors (Lipinski definition) is 7. The van der Waals surface area contributed by atoms with Crippen molar-refractivity contribution in [2.45, 2.75) is 6.10 Å². The molecule has 0 amide bonds. The predicted molar refractivity (Wildman–Crippen MR) is 100 cm³/mol. The van der Waals surface area contributed by atoms with Gasteiger partial charge >= 0.3 is 0 Å². The molecule has 1 atom stereocenters. The van der Waals surface area contributed by atoms with Crippen LogP contribution in [0.1, 0.15) is 17.2 Å². The number of ether oxygens (including phenoxy) is 2. The Morgan fingerprint density at radius 2 is 1.93 bits per heavy atom. The molecule has 0 aliphatic carbocycles. The molecule has 4 rings (SSSR count). The third kappa shape index (κ3) is 2.72. The molecule has 2 aliphatic heterocycles. The second-order valence-corrected chi connectivity index (χ2v) is 6.89. The van der Waals surface area contributed by atoms with Gasteiger partial charge in [0, 0.05) is 50.6 Å². The number of benzene rings is 1. The fourth-order valence-electron chi connectivity index (χ4n) is 3.51. The van der Waals surface area contributed by atoms with Crippen molar-refractivity contribution >= 4 is 23.6 Å². The van der Waals surface area contributed by atoms with Gasteiger partial charge in [0.2, 0.25) is 5.88 Å². The Hall–Kier alpha value is -2.72. The molecule has 0 radical (unpaired) electrons. The van der Waals surface area contributed by atoms with Crippen molar-refractivity contribution in [1.29, 1.82) is 0 Å². The van der Waals surface area contributed by atoms with Gasteiger partial charge in [0.1, 0.15) is 5.56 Å². The van der Waals surface area contributed by atoms with Crippen LogP contribution in [0.15, 0.2) is 23.0 Å². The number of hydrogen-bond donors (Lipinski definition) is 0. The minimum Gasteiger partial charge on any atom is -0.465 e. The zero-order valence-electron chi connectivity index (χ0n) is 14.9. The van der Waals surface area contributed by atoms with E-state index >= 15 is 0 Å². The summed E-state index contributed by atoms with van der Waals surface area (Å²) in [5.74, 6) is 0.410. The Morgan fingerprint density at radius 1 is 1.22 bits per heavy atom. The number of nitro benzene ring substituents is 1. The van der Waals surface area contributed by atoms with Gasteiger partial charge in [-0.3, -0.25) is 24.0 Å². The van der Waals surface area contributed by atoms with E-state index in [-0.39, 0.29) is 11.2 Å². The number of anilines is 1. The number of non-ortho nitro benzene ring substituents is 1. The molecule has 1 unspecified atom stereocenters. The molecule has 0 saturated carbocycles. The first-order valence-corrected chi connectivity index (χ1v) is 8.88. The van der Waals surface area contributed by atoms with Crippen LogP contribution < -0.4 is 15.2 Å². The highest BCUT2D eigenvalue weighted by atomic mass is 32.1. The fourth-order valence-corrected chi connectivity index (χ4v) is 3.67. The highest BCUT2D eigenvalue weighted by Crippen LogP contribution is 2.44. The molecular formula is C17H18N4O5S. The number of nitro groups is 1. The molecule has 1 saturated heterocycles. The average Bonchev–Trinajstić information content (AvgIpc) is 2.65. The normalized spacial score (nSPS) is 18.4. The van der Waals surface area contributed by atoms with Crippen LogP contribution in [-0.4, -0.2) is 40.4 Å². The van der Waals surface area contributed by atoms with E-state index in [4.69, 9.17) is 21.7 Å². The minimum absolute atomic E-state index is 0.0415. The molecule has 9 nitrogen and oxygen atoms in total. The number of morpholine rings is 1. The van der Waals surface area contributed by atoms with Crippen LogP contribution >= 0.6 is 12.2 Å². The summed E-state index contributed by atoms with van der Waals surface area (Å²) < 4.78 is 14.7. The van der Waals surface area contributed by atoms with Crippen molar-refractivity contribution < 1.29 is 14.4 Å². The molecule has 2 aliphatic rings. The van der Waals surface area contributed by atoms with E-state index in [9.17, 15) is 14.9 Å². The Kier molecular flexibility index (Phi) is 4.23. The summed E-state index contributed by atoms with van der Waals surface area (Å²) in [7, 11) is 3.34. The fraction of sp³-hybridized carbons (Fsp3) is 0.412. The van der Waals surface area contributed by atoms with Gasteiger partial charge in [-0.05, 0) is 18.3 Å². The summed E-state index contributed by atoms with van der Waals surface area (Å²) in [6.07, 6.45) is -0.668. The standard InChI is InChI=1S/C17H18N4O5S/c1-18-15(22)13-14(26-16(13)19(2)17(18)27)11-9-10(21(23)24)3-4-12(11)20-5-7-25-8-6-20/h3-4,9,14H,5-8H2,1-2H3. The van der Waals surface area contributed by atoms with Gasteiger partial charge in [0.05, 0.1) is 18.1 Å². The second kappa shape index (κ2) is 6.46. The van der Waals surface area contributed by atoms with Crippen LogP contribution in [0.4, 0.5) is 11.4 Å². The van der Waals surface area contributed by atoms with Crippen molar-refractivity contribution in [1.82, 2.24) is 9.13 Å². The summed E-state index contributed by atoms with van der Waals surface area (Å²) >= 11 is 5.24. The Labute approximate surface area is 159 Å². The van der Waals surface area contributed by atoms with Crippen LogP contribution in [0.25, 0.3) is 0 Å². The lowest BCUT2D eigenvalue weighted by Gasteiger charge is -2.36. The Bertz CT molecular complexity index is 1050. The first-order valence-electron chi connectivity index (χ1n) is 8.47. The van der Waals surface area contributed by atoms with E-state index < -0.39 is 11.0 Å². The first kappa shape index (κ1) is 17.7. The molecular weight excluding hydrogens is 372 g/mol. The number of rotatable bonds is 3. The smallest absolute Gasteiger partial charge is 0.270 e. The largest absolute Gasteiger partial charge is 0.465 e. The zero-order valence-corrected chi connectivity index (χ0v) is 15.7. The molecule has 10 heteroatoms. The van der Waals surface area contributed by atoms with Gasteiger partial charge in [-0.2, -0.15) is 0 Å². The molecule has 2 aromatic rings. The lowest BCUT2D eigenvalue weighted by atomic mass is 9.96. The van der Waals surface area contributed by atoms with Gasteiger partial charge in [-0.15, -0.1) is 0 Å². The van der Waals surface area contributed by atoms with Gasteiger partial charge in [-0.25, -0.2) is 0 Å². The van der Waals surface area contributed by atoms with Crippen molar-refractivity contribution in [3.8, 4) is 5.88 Å². The van der Waals surface area contributed by atoms with Crippen LogP contribution in [0.3, 0.4) is 0 Å². The Morgan fingerprint density at radius 3 is 2.59 bits per heavy atom. The molecule has 0 bridgehead atoms. The molecule has 0 N–H and O–H groups in total. The Balaban J connectivity index is 1.87.